The smallest absolute Gasteiger partial charge is 0.329 e. The lowest BCUT2D eigenvalue weighted by Gasteiger charge is -2.33. The van der Waals surface area contributed by atoms with Crippen molar-refractivity contribution >= 4 is 11.9 Å². The van der Waals surface area contributed by atoms with Gasteiger partial charge in [-0.15, -0.1) is 0 Å². The number of rotatable bonds is 5. The Morgan fingerprint density at radius 1 is 1.20 bits per heavy atom. The molecule has 3 rings (SSSR count). The minimum atomic E-state index is -1.14. The predicted molar refractivity (Wildman–Crippen MR) is 92.0 cm³/mol. The van der Waals surface area contributed by atoms with Gasteiger partial charge in [-0.05, 0) is 31.9 Å². The fourth-order valence-corrected chi connectivity index (χ4v) is 3.31. The predicted octanol–water partition coefficient (Wildman–Crippen LogP) is 3.10. The average Bonchev–Trinajstić information content (AvgIpc) is 2.97. The van der Waals surface area contributed by atoms with E-state index in [0.717, 1.165) is 24.8 Å². The normalized spacial score (nSPS) is 16.4. The Bertz CT molecular complexity index is 761. The van der Waals surface area contributed by atoms with E-state index in [0.29, 0.717) is 30.2 Å². The third-order valence-electron chi connectivity index (χ3n) is 4.74. The monoisotopic (exact) mass is 342 g/mol. The molecule has 0 saturated heterocycles. The molecule has 2 N–H and O–H groups in total. The zero-order valence-electron chi connectivity index (χ0n) is 14.2. The van der Waals surface area contributed by atoms with E-state index >= 15 is 0 Å². The maximum atomic E-state index is 12.4. The fraction of sp³-hybridized carbons (Fsp3) is 0.421. The van der Waals surface area contributed by atoms with Gasteiger partial charge in [-0.2, -0.15) is 0 Å². The number of carbonyl (C=O) groups is 2. The van der Waals surface area contributed by atoms with Gasteiger partial charge in [0.25, 0.3) is 0 Å². The van der Waals surface area contributed by atoms with Crippen LogP contribution in [0.5, 0.6) is 0 Å². The summed E-state index contributed by atoms with van der Waals surface area (Å²) in [6.07, 6.45) is 3.59. The molecule has 1 amide bonds. The van der Waals surface area contributed by atoms with Crippen LogP contribution in [-0.4, -0.2) is 27.5 Å². The second kappa shape index (κ2) is 7.09. The molecule has 1 aliphatic carbocycles. The number of hydrogen-bond acceptors (Lipinski definition) is 4. The molecule has 132 valence electrons. The highest BCUT2D eigenvalue weighted by atomic mass is 16.4. The van der Waals surface area contributed by atoms with Crippen molar-refractivity contribution in [3.05, 3.63) is 41.8 Å². The Balaban J connectivity index is 1.73. The average molecular weight is 342 g/mol. The molecule has 25 heavy (non-hydrogen) atoms. The van der Waals surface area contributed by atoms with Crippen molar-refractivity contribution in [3.63, 3.8) is 0 Å². The lowest BCUT2D eigenvalue weighted by Crippen LogP contribution is -2.56. The first-order valence-electron chi connectivity index (χ1n) is 8.56. The number of carbonyl (C=O) groups excluding carboxylic acids is 1. The van der Waals surface area contributed by atoms with Crippen LogP contribution in [0.25, 0.3) is 11.5 Å². The summed E-state index contributed by atoms with van der Waals surface area (Å²) >= 11 is 0. The van der Waals surface area contributed by atoms with Crippen molar-refractivity contribution in [3.8, 4) is 11.5 Å². The molecule has 0 unspecified atom stereocenters. The quantitative estimate of drug-likeness (QED) is 0.871. The van der Waals surface area contributed by atoms with Gasteiger partial charge in [0.05, 0.1) is 12.1 Å². The highest BCUT2D eigenvalue weighted by Crippen LogP contribution is 2.29. The van der Waals surface area contributed by atoms with Crippen LogP contribution in [0, 0.1) is 6.92 Å². The molecular weight excluding hydrogens is 320 g/mol. The first-order valence-corrected chi connectivity index (χ1v) is 8.56. The lowest BCUT2D eigenvalue weighted by molar-refractivity contribution is -0.149. The van der Waals surface area contributed by atoms with Crippen molar-refractivity contribution in [1.29, 1.82) is 0 Å². The molecule has 0 bridgehead atoms. The van der Waals surface area contributed by atoms with E-state index in [1.165, 1.54) is 0 Å². The molecule has 0 atom stereocenters. The van der Waals surface area contributed by atoms with Crippen molar-refractivity contribution in [2.45, 2.75) is 51.0 Å². The number of hydrogen-bond donors (Lipinski definition) is 2. The molecule has 6 nitrogen and oxygen atoms in total. The van der Waals surface area contributed by atoms with Gasteiger partial charge in [0.15, 0.2) is 0 Å². The summed E-state index contributed by atoms with van der Waals surface area (Å²) < 4.78 is 5.66. The molecule has 6 heteroatoms. The number of nitrogens with zero attached hydrogens (tertiary/aromatic N) is 1. The van der Waals surface area contributed by atoms with Gasteiger partial charge in [0.1, 0.15) is 11.3 Å². The maximum Gasteiger partial charge on any atom is 0.329 e. The first-order chi connectivity index (χ1) is 12.0. The van der Waals surface area contributed by atoms with Gasteiger partial charge in [-0.1, -0.05) is 37.5 Å². The summed E-state index contributed by atoms with van der Waals surface area (Å²) in [6.45, 7) is 1.76. The van der Waals surface area contributed by atoms with Crippen LogP contribution in [0.3, 0.4) is 0 Å². The van der Waals surface area contributed by atoms with Gasteiger partial charge in [-0.3, -0.25) is 4.79 Å². The SMILES string of the molecule is Cc1oc(-c2ccccc2)nc1CC(=O)NC1(C(=O)O)CCCCC1. The standard InChI is InChI=1S/C19H22N2O4/c1-13-15(20-17(25-13)14-8-4-2-5-9-14)12-16(22)21-19(18(23)24)10-6-3-7-11-19/h2,4-5,8-9H,3,6-7,10-12H2,1H3,(H,21,22)(H,23,24). The van der Waals surface area contributed by atoms with Gasteiger partial charge >= 0.3 is 5.97 Å². The number of oxazole rings is 1. The van der Waals surface area contributed by atoms with Crippen LogP contribution in [-0.2, 0) is 16.0 Å². The van der Waals surface area contributed by atoms with Crippen molar-refractivity contribution in [2.24, 2.45) is 0 Å². The number of carboxylic acids is 1. The topological polar surface area (TPSA) is 92.4 Å². The van der Waals surface area contributed by atoms with E-state index in [2.05, 4.69) is 10.3 Å². The molecule has 1 fully saturated rings. The number of benzene rings is 1. The van der Waals surface area contributed by atoms with E-state index in [9.17, 15) is 14.7 Å². The number of aliphatic carboxylic acids is 1. The summed E-state index contributed by atoms with van der Waals surface area (Å²) in [5.74, 6) is -0.253. The van der Waals surface area contributed by atoms with E-state index < -0.39 is 11.5 Å². The van der Waals surface area contributed by atoms with Crippen LogP contribution in [0.4, 0.5) is 0 Å². The number of amides is 1. The van der Waals surface area contributed by atoms with Crippen LogP contribution in [0.2, 0.25) is 0 Å². The minimum Gasteiger partial charge on any atom is -0.480 e. The number of nitrogens with one attached hydrogen (secondary N) is 1. The van der Waals surface area contributed by atoms with Gasteiger partial charge < -0.3 is 14.8 Å². The second-order valence-electron chi connectivity index (χ2n) is 6.56. The molecular formula is C19H22N2O4. The van der Waals surface area contributed by atoms with Crippen molar-refractivity contribution in [2.75, 3.05) is 0 Å². The van der Waals surface area contributed by atoms with E-state index in [-0.39, 0.29) is 12.3 Å². The van der Waals surface area contributed by atoms with Gasteiger partial charge in [0.2, 0.25) is 11.8 Å². The summed E-state index contributed by atoms with van der Waals surface area (Å²) in [4.78, 5) is 28.5. The molecule has 2 aromatic rings. The Labute approximate surface area is 146 Å². The van der Waals surface area contributed by atoms with Gasteiger partial charge in [0, 0.05) is 5.56 Å². The van der Waals surface area contributed by atoms with Crippen LogP contribution in [0.15, 0.2) is 34.7 Å². The lowest BCUT2D eigenvalue weighted by atomic mass is 9.81. The molecule has 1 saturated carbocycles. The van der Waals surface area contributed by atoms with Crippen molar-refractivity contribution < 1.29 is 19.1 Å². The minimum absolute atomic E-state index is 0.0111. The zero-order chi connectivity index (χ0) is 17.9. The molecule has 1 aliphatic rings. The highest BCUT2D eigenvalue weighted by molar-refractivity contribution is 5.88. The van der Waals surface area contributed by atoms with Crippen LogP contribution < -0.4 is 5.32 Å². The summed E-state index contributed by atoms with van der Waals surface area (Å²) in [6, 6.07) is 9.46. The Morgan fingerprint density at radius 3 is 2.52 bits per heavy atom. The molecule has 0 spiro atoms. The maximum absolute atomic E-state index is 12.4. The second-order valence-corrected chi connectivity index (χ2v) is 6.56. The Kier molecular flexibility index (Phi) is 4.88. The third-order valence-corrected chi connectivity index (χ3v) is 4.74. The molecule has 1 aromatic carbocycles. The Hall–Kier alpha value is -2.63. The molecule has 1 aromatic heterocycles. The van der Waals surface area contributed by atoms with E-state index in [4.69, 9.17) is 4.42 Å². The highest BCUT2D eigenvalue weighted by Gasteiger charge is 2.41. The summed E-state index contributed by atoms with van der Waals surface area (Å²) in [5.41, 5.74) is 0.231. The number of carboxylic acid groups (broad SMARTS) is 1. The summed E-state index contributed by atoms with van der Waals surface area (Å²) in [5, 5.41) is 12.3. The molecule has 0 radical (unpaired) electrons. The fourth-order valence-electron chi connectivity index (χ4n) is 3.31. The van der Waals surface area contributed by atoms with E-state index in [1.54, 1.807) is 6.92 Å². The van der Waals surface area contributed by atoms with Crippen LogP contribution in [0.1, 0.15) is 43.6 Å². The molecule has 1 heterocycles. The van der Waals surface area contributed by atoms with Gasteiger partial charge in [-0.25, -0.2) is 9.78 Å². The summed E-state index contributed by atoms with van der Waals surface area (Å²) in [7, 11) is 0. The zero-order valence-corrected chi connectivity index (χ0v) is 14.2. The number of aromatic nitrogens is 1. The third kappa shape index (κ3) is 3.73. The Morgan fingerprint density at radius 2 is 1.88 bits per heavy atom. The number of aryl methyl sites for hydroxylation is 1. The first kappa shape index (κ1) is 17.2. The van der Waals surface area contributed by atoms with Crippen molar-refractivity contribution in [1.82, 2.24) is 10.3 Å². The van der Waals surface area contributed by atoms with E-state index in [1.807, 2.05) is 30.3 Å². The largest absolute Gasteiger partial charge is 0.480 e. The van der Waals surface area contributed by atoms with Crippen LogP contribution >= 0.6 is 0 Å². The molecule has 0 aliphatic heterocycles.